The summed E-state index contributed by atoms with van der Waals surface area (Å²) in [6.07, 6.45) is 0.465. The maximum atomic E-state index is 14.4. The van der Waals surface area contributed by atoms with Crippen molar-refractivity contribution in [3.63, 3.8) is 0 Å². The van der Waals surface area contributed by atoms with Crippen molar-refractivity contribution in [1.82, 2.24) is 9.78 Å². The molecule has 140 valence electrons. The molecule has 0 spiro atoms. The van der Waals surface area contributed by atoms with Crippen molar-refractivity contribution in [3.8, 4) is 5.69 Å². The number of aromatic carboxylic acids is 1. The average molecular weight is 366 g/mol. The summed E-state index contributed by atoms with van der Waals surface area (Å²) in [4.78, 5) is 12.0. The summed E-state index contributed by atoms with van der Waals surface area (Å²) in [5.74, 6) is -1.49. The molecule has 3 rings (SSSR count). The van der Waals surface area contributed by atoms with Gasteiger partial charge in [-0.05, 0) is 36.0 Å². The van der Waals surface area contributed by atoms with E-state index >= 15 is 0 Å². The molecule has 3 aromatic rings. The Morgan fingerprint density at radius 2 is 1.70 bits per heavy atom. The first-order chi connectivity index (χ1) is 12.9. The molecule has 2 aromatic carbocycles. The molecule has 0 amide bonds. The lowest BCUT2D eigenvalue weighted by Crippen LogP contribution is -2.10. The molecule has 5 heteroatoms. The summed E-state index contributed by atoms with van der Waals surface area (Å²) >= 11 is 0. The Balaban J connectivity index is 2.13. The third-order valence-electron chi connectivity index (χ3n) is 4.70. The third kappa shape index (κ3) is 3.77. The third-order valence-corrected chi connectivity index (χ3v) is 4.70. The lowest BCUT2D eigenvalue weighted by Gasteiger charge is -2.12. The van der Waals surface area contributed by atoms with Gasteiger partial charge in [-0.3, -0.25) is 0 Å². The smallest absolute Gasteiger partial charge is 0.339 e. The Morgan fingerprint density at radius 3 is 2.30 bits per heavy atom. The Morgan fingerprint density at radius 1 is 1.07 bits per heavy atom. The van der Waals surface area contributed by atoms with Crippen LogP contribution >= 0.6 is 0 Å². The summed E-state index contributed by atoms with van der Waals surface area (Å²) in [5, 5.41) is 14.4. The Bertz CT molecular complexity index is 948. The lowest BCUT2D eigenvalue weighted by molar-refractivity contribution is 0.0694. The van der Waals surface area contributed by atoms with Gasteiger partial charge in [-0.2, -0.15) is 5.10 Å². The molecule has 0 radical (unpaired) electrons. The number of carboxylic acids is 1. The molecule has 0 aliphatic carbocycles. The summed E-state index contributed by atoms with van der Waals surface area (Å²) in [7, 11) is 0. The number of nitrogens with zero attached hydrogens (tertiary/aromatic N) is 2. The zero-order valence-electron chi connectivity index (χ0n) is 15.7. The highest BCUT2D eigenvalue weighted by atomic mass is 19.1. The van der Waals surface area contributed by atoms with Gasteiger partial charge in [-0.1, -0.05) is 63.2 Å². The molecular formula is C22H23FN2O2. The minimum absolute atomic E-state index is 0.0910. The maximum Gasteiger partial charge on any atom is 0.339 e. The highest BCUT2D eigenvalue weighted by molar-refractivity contribution is 5.91. The highest BCUT2D eigenvalue weighted by Gasteiger charge is 2.27. The predicted octanol–water partition coefficient (Wildman–Crippen LogP) is 5.18. The van der Waals surface area contributed by atoms with Crippen molar-refractivity contribution in [3.05, 3.63) is 82.9 Å². The van der Waals surface area contributed by atoms with Crippen LogP contribution in [0.2, 0.25) is 0 Å². The number of carbonyl (C=O) groups is 1. The number of hydrogen-bond acceptors (Lipinski definition) is 2. The van der Waals surface area contributed by atoms with Gasteiger partial charge >= 0.3 is 5.97 Å². The first kappa shape index (κ1) is 18.8. The summed E-state index contributed by atoms with van der Waals surface area (Å²) in [6, 6.07) is 16.2. The maximum absolute atomic E-state index is 14.4. The van der Waals surface area contributed by atoms with Crippen molar-refractivity contribution in [2.45, 2.75) is 39.0 Å². The average Bonchev–Trinajstić information content (AvgIpc) is 3.02. The molecule has 0 aliphatic rings. The van der Waals surface area contributed by atoms with Gasteiger partial charge in [-0.15, -0.1) is 0 Å². The molecule has 1 heterocycles. The Kier molecular flexibility index (Phi) is 5.40. The highest BCUT2D eigenvalue weighted by Crippen LogP contribution is 2.30. The molecule has 0 fully saturated rings. The van der Waals surface area contributed by atoms with Gasteiger partial charge in [0.05, 0.1) is 11.4 Å². The summed E-state index contributed by atoms with van der Waals surface area (Å²) < 4.78 is 15.8. The quantitative estimate of drug-likeness (QED) is 0.654. The summed E-state index contributed by atoms with van der Waals surface area (Å²) in [5.41, 5.74) is 2.55. The van der Waals surface area contributed by atoms with E-state index in [1.54, 1.807) is 18.2 Å². The Labute approximate surface area is 158 Å². The fourth-order valence-electron chi connectivity index (χ4n) is 3.38. The molecule has 1 aromatic heterocycles. The normalized spacial score (nSPS) is 12.3. The van der Waals surface area contributed by atoms with Crippen molar-refractivity contribution in [2.75, 3.05) is 0 Å². The van der Waals surface area contributed by atoms with Crippen molar-refractivity contribution >= 4 is 5.97 Å². The SMILES string of the molecule is CC(C)c1c(C(=O)O)c(CC(C)c2ccccc2)nn1-c1ccccc1F. The molecule has 27 heavy (non-hydrogen) atoms. The number of aromatic nitrogens is 2. The van der Waals surface area contributed by atoms with Crippen LogP contribution in [0.1, 0.15) is 59.9 Å². The van der Waals surface area contributed by atoms with Gasteiger partial charge < -0.3 is 5.11 Å². The number of carboxylic acid groups (broad SMARTS) is 1. The topological polar surface area (TPSA) is 55.1 Å². The lowest BCUT2D eigenvalue weighted by atomic mass is 9.93. The van der Waals surface area contributed by atoms with Gasteiger partial charge in [-0.25, -0.2) is 13.9 Å². The van der Waals surface area contributed by atoms with E-state index < -0.39 is 11.8 Å². The fourth-order valence-corrected chi connectivity index (χ4v) is 3.38. The molecule has 1 atom stereocenters. The number of benzene rings is 2. The molecule has 1 N–H and O–H groups in total. The molecular weight excluding hydrogens is 343 g/mol. The van der Waals surface area contributed by atoms with Gasteiger partial charge in [0, 0.05) is 0 Å². The summed E-state index contributed by atoms with van der Waals surface area (Å²) in [6.45, 7) is 5.83. The second-order valence-corrected chi connectivity index (χ2v) is 7.05. The predicted molar refractivity (Wildman–Crippen MR) is 103 cm³/mol. The van der Waals surface area contributed by atoms with Crippen LogP contribution in [0.5, 0.6) is 0 Å². The van der Waals surface area contributed by atoms with E-state index in [1.165, 1.54) is 10.7 Å². The van der Waals surface area contributed by atoms with E-state index in [0.717, 1.165) is 5.56 Å². The standard InChI is InChI=1S/C22H23FN2O2/c1-14(2)21-20(22(26)27)18(13-15(3)16-9-5-4-6-10-16)24-25(21)19-12-8-7-11-17(19)23/h4-12,14-15H,13H2,1-3H3,(H,26,27). The van der Waals surface area contributed by atoms with Gasteiger partial charge in [0.1, 0.15) is 17.1 Å². The van der Waals surface area contributed by atoms with Crippen LogP contribution in [0, 0.1) is 5.82 Å². The molecule has 0 aliphatic heterocycles. The van der Waals surface area contributed by atoms with Crippen LogP contribution in [0.4, 0.5) is 4.39 Å². The van der Waals surface area contributed by atoms with Crippen LogP contribution in [0.25, 0.3) is 5.69 Å². The second kappa shape index (κ2) is 7.74. The zero-order valence-corrected chi connectivity index (χ0v) is 15.7. The van der Waals surface area contributed by atoms with Crippen LogP contribution in [0.15, 0.2) is 54.6 Å². The van der Waals surface area contributed by atoms with Gasteiger partial charge in [0.25, 0.3) is 0 Å². The molecule has 4 nitrogen and oxygen atoms in total. The Hall–Kier alpha value is -2.95. The number of rotatable bonds is 6. The van der Waals surface area contributed by atoms with E-state index in [0.29, 0.717) is 17.8 Å². The first-order valence-electron chi connectivity index (χ1n) is 9.05. The van der Waals surface area contributed by atoms with E-state index in [4.69, 9.17) is 0 Å². The fraction of sp³-hybridized carbons (Fsp3) is 0.273. The molecule has 1 unspecified atom stereocenters. The zero-order chi connectivity index (χ0) is 19.6. The van der Waals surface area contributed by atoms with Crippen molar-refractivity contribution in [2.24, 2.45) is 0 Å². The van der Waals surface area contributed by atoms with E-state index in [1.807, 2.05) is 51.1 Å². The number of hydrogen-bond donors (Lipinski definition) is 1. The van der Waals surface area contributed by atoms with E-state index in [2.05, 4.69) is 5.10 Å². The van der Waals surface area contributed by atoms with Gasteiger partial charge in [0.15, 0.2) is 0 Å². The van der Waals surface area contributed by atoms with Crippen LogP contribution in [-0.4, -0.2) is 20.9 Å². The molecule has 0 saturated carbocycles. The van der Waals surface area contributed by atoms with Crippen LogP contribution in [-0.2, 0) is 6.42 Å². The van der Waals surface area contributed by atoms with Crippen molar-refractivity contribution < 1.29 is 14.3 Å². The first-order valence-corrected chi connectivity index (χ1v) is 9.05. The second-order valence-electron chi connectivity index (χ2n) is 7.05. The minimum Gasteiger partial charge on any atom is -0.478 e. The molecule has 0 bridgehead atoms. The molecule has 0 saturated heterocycles. The van der Waals surface area contributed by atoms with E-state index in [9.17, 15) is 14.3 Å². The van der Waals surface area contributed by atoms with Crippen LogP contribution < -0.4 is 0 Å². The largest absolute Gasteiger partial charge is 0.478 e. The van der Waals surface area contributed by atoms with Crippen molar-refractivity contribution in [1.29, 1.82) is 0 Å². The van der Waals surface area contributed by atoms with E-state index in [-0.39, 0.29) is 23.1 Å². The monoisotopic (exact) mass is 366 g/mol. The minimum atomic E-state index is -1.03. The van der Waals surface area contributed by atoms with Crippen LogP contribution in [0.3, 0.4) is 0 Å². The van der Waals surface area contributed by atoms with Gasteiger partial charge in [0.2, 0.25) is 0 Å². The number of halogens is 1. The number of para-hydroxylation sites is 1.